The Hall–Kier alpha value is -3.21. The zero-order valence-corrected chi connectivity index (χ0v) is 19.9. The number of hydrogen-bond acceptors (Lipinski definition) is 9. The fourth-order valence-electron chi connectivity index (χ4n) is 2.73. The maximum atomic E-state index is 12.9. The van der Waals surface area contributed by atoms with E-state index in [9.17, 15) is 9.59 Å². The normalized spacial score (nSPS) is 10.6. The van der Waals surface area contributed by atoms with E-state index in [1.165, 1.54) is 42.0 Å². The molecule has 0 aliphatic rings. The Morgan fingerprint density at radius 3 is 2.55 bits per heavy atom. The Morgan fingerprint density at radius 1 is 1.00 bits per heavy atom. The van der Waals surface area contributed by atoms with Gasteiger partial charge < -0.3 is 4.74 Å². The first kappa shape index (κ1) is 23.0. The predicted octanol–water partition coefficient (Wildman–Crippen LogP) is 5.42. The molecule has 0 spiro atoms. The van der Waals surface area contributed by atoms with Gasteiger partial charge in [-0.1, -0.05) is 65.2 Å². The SMILES string of the molecule is COC(=O)c1ccc(CSc2nnc(NC(=O)c3cccnc3Sc3ccccc3)s2)cc1. The Morgan fingerprint density at radius 2 is 1.79 bits per heavy atom. The number of pyridine rings is 1. The summed E-state index contributed by atoms with van der Waals surface area (Å²) in [4.78, 5) is 29.7. The number of anilines is 1. The lowest BCUT2D eigenvalue weighted by atomic mass is 10.1. The highest BCUT2D eigenvalue weighted by molar-refractivity contribution is 8.00. The lowest BCUT2D eigenvalue weighted by Gasteiger charge is -2.07. The van der Waals surface area contributed by atoms with Crippen molar-refractivity contribution in [3.8, 4) is 0 Å². The van der Waals surface area contributed by atoms with Gasteiger partial charge in [-0.25, -0.2) is 9.78 Å². The quantitative estimate of drug-likeness (QED) is 0.197. The molecule has 0 radical (unpaired) electrons. The van der Waals surface area contributed by atoms with Crippen LogP contribution in [-0.2, 0) is 10.5 Å². The Labute approximate surface area is 203 Å². The molecule has 0 atom stereocenters. The van der Waals surface area contributed by atoms with Crippen molar-refractivity contribution in [1.82, 2.24) is 15.2 Å². The average molecular weight is 495 g/mol. The Balaban J connectivity index is 1.37. The number of nitrogens with one attached hydrogen (secondary N) is 1. The smallest absolute Gasteiger partial charge is 0.337 e. The van der Waals surface area contributed by atoms with Crippen molar-refractivity contribution in [1.29, 1.82) is 0 Å². The molecule has 0 bridgehead atoms. The maximum absolute atomic E-state index is 12.9. The summed E-state index contributed by atoms with van der Waals surface area (Å²) in [6.07, 6.45) is 1.67. The molecular weight excluding hydrogens is 476 g/mol. The number of carbonyl (C=O) groups is 2. The summed E-state index contributed by atoms with van der Waals surface area (Å²) in [7, 11) is 1.36. The molecule has 0 aliphatic carbocycles. The number of amides is 1. The minimum atomic E-state index is -0.363. The van der Waals surface area contributed by atoms with Crippen molar-refractivity contribution in [2.75, 3.05) is 12.4 Å². The van der Waals surface area contributed by atoms with Crippen molar-refractivity contribution in [3.05, 3.63) is 89.6 Å². The standard InChI is InChI=1S/C23H18N4O3S3/c1-30-21(29)16-11-9-15(10-12-16)14-31-23-27-26-22(33-23)25-19(28)18-8-5-13-24-20(18)32-17-6-3-2-4-7-17/h2-13H,14H2,1H3,(H,25,26,28). The van der Waals surface area contributed by atoms with Gasteiger partial charge in [0.15, 0.2) is 4.34 Å². The number of methoxy groups -OCH3 is 1. The Bertz CT molecular complexity index is 1250. The molecule has 0 aliphatic heterocycles. The highest BCUT2D eigenvalue weighted by atomic mass is 32.2. The zero-order valence-electron chi connectivity index (χ0n) is 17.4. The first-order valence-electron chi connectivity index (χ1n) is 9.75. The second kappa shape index (κ2) is 11.1. The maximum Gasteiger partial charge on any atom is 0.337 e. The number of carbonyl (C=O) groups excluding carboxylic acids is 2. The van der Waals surface area contributed by atoms with E-state index in [0.29, 0.717) is 27.0 Å². The van der Waals surface area contributed by atoms with Crippen LogP contribution in [0, 0.1) is 0 Å². The molecule has 0 fully saturated rings. The van der Waals surface area contributed by atoms with E-state index in [0.717, 1.165) is 14.8 Å². The molecule has 1 N–H and O–H groups in total. The number of rotatable bonds is 8. The number of thioether (sulfide) groups is 1. The largest absolute Gasteiger partial charge is 0.465 e. The van der Waals surface area contributed by atoms with Crippen molar-refractivity contribution in [3.63, 3.8) is 0 Å². The summed E-state index contributed by atoms with van der Waals surface area (Å²) < 4.78 is 5.44. The molecule has 2 aromatic carbocycles. The summed E-state index contributed by atoms with van der Waals surface area (Å²) in [6.45, 7) is 0. The molecule has 4 aromatic rings. The first-order chi connectivity index (χ1) is 16.1. The van der Waals surface area contributed by atoms with E-state index in [1.54, 1.807) is 30.5 Å². The molecule has 4 rings (SSSR count). The van der Waals surface area contributed by atoms with E-state index >= 15 is 0 Å². The molecular formula is C23H18N4O3S3. The molecule has 2 heterocycles. The van der Waals surface area contributed by atoms with Crippen LogP contribution in [0.25, 0.3) is 0 Å². The van der Waals surface area contributed by atoms with Gasteiger partial charge in [-0.2, -0.15) is 0 Å². The van der Waals surface area contributed by atoms with E-state index in [2.05, 4.69) is 20.5 Å². The summed E-state index contributed by atoms with van der Waals surface area (Å²) >= 11 is 4.24. The van der Waals surface area contributed by atoms with Crippen molar-refractivity contribution in [2.45, 2.75) is 20.0 Å². The third kappa shape index (κ3) is 6.19. The molecule has 2 aromatic heterocycles. The molecule has 7 nitrogen and oxygen atoms in total. The first-order valence-corrected chi connectivity index (χ1v) is 12.4. The number of ether oxygens (including phenoxy) is 1. The van der Waals surface area contributed by atoms with Crippen molar-refractivity contribution < 1.29 is 14.3 Å². The fourth-order valence-corrected chi connectivity index (χ4v) is 5.33. The summed E-state index contributed by atoms with van der Waals surface area (Å²) in [5, 5.41) is 12.1. The molecule has 0 saturated carbocycles. The number of aromatic nitrogens is 3. The van der Waals surface area contributed by atoms with Gasteiger partial charge in [-0.3, -0.25) is 10.1 Å². The third-order valence-electron chi connectivity index (χ3n) is 4.34. The van der Waals surface area contributed by atoms with Crippen molar-refractivity contribution in [2.24, 2.45) is 0 Å². The molecule has 0 unspecified atom stereocenters. The lowest BCUT2D eigenvalue weighted by Crippen LogP contribution is -2.13. The van der Waals surface area contributed by atoms with E-state index in [-0.39, 0.29) is 11.9 Å². The monoisotopic (exact) mass is 494 g/mol. The van der Waals surface area contributed by atoms with Gasteiger partial charge in [0, 0.05) is 16.8 Å². The van der Waals surface area contributed by atoms with Crippen LogP contribution in [0.4, 0.5) is 5.13 Å². The van der Waals surface area contributed by atoms with Gasteiger partial charge >= 0.3 is 5.97 Å². The molecule has 1 amide bonds. The summed E-state index contributed by atoms with van der Waals surface area (Å²) in [5.74, 6) is 0.00936. The van der Waals surface area contributed by atoms with Gasteiger partial charge in [0.05, 0.1) is 18.2 Å². The summed E-state index contributed by atoms with van der Waals surface area (Å²) in [6, 6.07) is 20.4. The van der Waals surface area contributed by atoms with Crippen molar-refractivity contribution >= 4 is 51.9 Å². The lowest BCUT2D eigenvalue weighted by molar-refractivity contribution is 0.0600. The van der Waals surface area contributed by atoms with Gasteiger partial charge in [-0.15, -0.1) is 10.2 Å². The van der Waals surface area contributed by atoms with Crippen LogP contribution in [0.3, 0.4) is 0 Å². The molecule has 166 valence electrons. The fraction of sp³-hybridized carbons (Fsp3) is 0.0870. The van der Waals surface area contributed by atoms with Crippen LogP contribution >= 0.6 is 34.9 Å². The van der Waals surface area contributed by atoms with Crippen LogP contribution in [0.5, 0.6) is 0 Å². The highest BCUT2D eigenvalue weighted by Crippen LogP contribution is 2.31. The van der Waals surface area contributed by atoms with Crippen LogP contribution in [-0.4, -0.2) is 34.2 Å². The molecule has 10 heteroatoms. The topological polar surface area (TPSA) is 94.1 Å². The molecule has 0 saturated heterocycles. The van der Waals surface area contributed by atoms with E-state index < -0.39 is 0 Å². The van der Waals surface area contributed by atoms with E-state index in [1.807, 2.05) is 42.5 Å². The third-order valence-corrected chi connectivity index (χ3v) is 7.41. The van der Waals surface area contributed by atoms with Gasteiger partial charge in [0.2, 0.25) is 5.13 Å². The number of hydrogen-bond donors (Lipinski definition) is 1. The van der Waals surface area contributed by atoms with E-state index in [4.69, 9.17) is 4.74 Å². The number of benzene rings is 2. The second-order valence-corrected chi connectivity index (χ2v) is 9.84. The molecule has 33 heavy (non-hydrogen) atoms. The highest BCUT2D eigenvalue weighted by Gasteiger charge is 2.16. The minimum Gasteiger partial charge on any atom is -0.465 e. The predicted molar refractivity (Wildman–Crippen MR) is 130 cm³/mol. The van der Waals surface area contributed by atoms with Crippen LogP contribution in [0.2, 0.25) is 0 Å². The number of nitrogens with zero attached hydrogens (tertiary/aromatic N) is 3. The minimum absolute atomic E-state index is 0.285. The Kier molecular flexibility index (Phi) is 7.71. The van der Waals surface area contributed by atoms with Gasteiger partial charge in [0.25, 0.3) is 5.91 Å². The van der Waals surface area contributed by atoms with Gasteiger partial charge in [-0.05, 0) is 42.0 Å². The van der Waals surface area contributed by atoms with Crippen LogP contribution < -0.4 is 5.32 Å². The van der Waals surface area contributed by atoms with Crippen LogP contribution in [0.1, 0.15) is 26.3 Å². The van der Waals surface area contributed by atoms with Crippen LogP contribution in [0.15, 0.2) is 87.2 Å². The second-order valence-electron chi connectivity index (χ2n) is 6.58. The summed E-state index contributed by atoms with van der Waals surface area (Å²) in [5.41, 5.74) is 2.01. The zero-order chi connectivity index (χ0) is 23.0. The number of esters is 1. The average Bonchev–Trinajstić information content (AvgIpc) is 3.30. The van der Waals surface area contributed by atoms with Gasteiger partial charge in [0.1, 0.15) is 5.03 Å².